The molecule has 2 aromatic heterocycles. The Labute approximate surface area is 152 Å². The summed E-state index contributed by atoms with van der Waals surface area (Å²) in [6, 6.07) is 7.41. The van der Waals surface area contributed by atoms with Gasteiger partial charge in [0.2, 0.25) is 0 Å². The van der Waals surface area contributed by atoms with Gasteiger partial charge in [0.25, 0.3) is 0 Å². The first kappa shape index (κ1) is 17.4. The number of allylic oxidation sites excluding steroid dienone is 6. The largest absolute Gasteiger partial charge is 0.294 e. The van der Waals surface area contributed by atoms with Crippen molar-refractivity contribution in [1.29, 1.82) is 0 Å². The number of nitrogens with zero attached hydrogens (tertiary/aromatic N) is 2. The lowest BCUT2D eigenvalue weighted by molar-refractivity contribution is -0.117. The van der Waals surface area contributed by atoms with Gasteiger partial charge in [-0.2, -0.15) is 0 Å². The molecule has 1 atom stereocenters. The van der Waals surface area contributed by atoms with E-state index in [0.29, 0.717) is 12.0 Å². The number of carbonyl (C=O) groups is 2. The number of aromatic nitrogens is 2. The Morgan fingerprint density at radius 2 is 1.62 bits per heavy atom. The maximum Gasteiger partial charge on any atom is 0.185 e. The first-order valence-corrected chi connectivity index (χ1v) is 8.35. The SMILES string of the molecule is O=C(/C=C/c1cccnc1)C1=CCC(C(=O)/C=C/c2cccnc2)C=C1. The third-order valence-corrected chi connectivity index (χ3v) is 3.99. The fourth-order valence-corrected chi connectivity index (χ4v) is 2.53. The molecule has 2 aromatic rings. The van der Waals surface area contributed by atoms with E-state index in [1.165, 1.54) is 6.08 Å². The number of hydrogen-bond acceptors (Lipinski definition) is 4. The van der Waals surface area contributed by atoms with Crippen molar-refractivity contribution in [2.75, 3.05) is 0 Å². The van der Waals surface area contributed by atoms with Gasteiger partial charge >= 0.3 is 0 Å². The van der Waals surface area contributed by atoms with Crippen LogP contribution in [0.3, 0.4) is 0 Å². The van der Waals surface area contributed by atoms with Crippen LogP contribution in [0.15, 0.2) is 85.0 Å². The first-order chi connectivity index (χ1) is 12.7. The molecule has 0 fully saturated rings. The molecule has 1 aliphatic carbocycles. The second kappa shape index (κ2) is 8.62. The van der Waals surface area contributed by atoms with Crippen LogP contribution in [0.25, 0.3) is 12.2 Å². The van der Waals surface area contributed by atoms with Gasteiger partial charge in [-0.05, 0) is 54.0 Å². The molecule has 2 heterocycles. The van der Waals surface area contributed by atoms with Gasteiger partial charge in [-0.1, -0.05) is 30.4 Å². The summed E-state index contributed by atoms with van der Waals surface area (Å²) < 4.78 is 0. The highest BCUT2D eigenvalue weighted by atomic mass is 16.1. The Bertz CT molecular complexity index is 894. The third-order valence-electron chi connectivity index (χ3n) is 3.99. The first-order valence-electron chi connectivity index (χ1n) is 8.35. The zero-order chi connectivity index (χ0) is 18.2. The number of pyridine rings is 2. The summed E-state index contributed by atoms with van der Waals surface area (Å²) in [5, 5.41) is 0. The topological polar surface area (TPSA) is 59.9 Å². The average Bonchev–Trinajstić information content (AvgIpc) is 2.72. The van der Waals surface area contributed by atoms with Gasteiger partial charge in [0.1, 0.15) is 0 Å². The lowest BCUT2D eigenvalue weighted by Crippen LogP contribution is -2.12. The molecule has 0 saturated carbocycles. The minimum Gasteiger partial charge on any atom is -0.294 e. The lowest BCUT2D eigenvalue weighted by atomic mass is 9.91. The lowest BCUT2D eigenvalue weighted by Gasteiger charge is -2.12. The number of carbonyl (C=O) groups excluding carboxylic acids is 2. The van der Waals surface area contributed by atoms with Gasteiger partial charge in [0, 0.05) is 36.3 Å². The maximum atomic E-state index is 12.3. The van der Waals surface area contributed by atoms with E-state index in [2.05, 4.69) is 9.97 Å². The Kier molecular flexibility index (Phi) is 5.78. The maximum absolute atomic E-state index is 12.3. The summed E-state index contributed by atoms with van der Waals surface area (Å²) in [4.78, 5) is 32.5. The molecule has 26 heavy (non-hydrogen) atoms. The molecule has 128 valence electrons. The molecular weight excluding hydrogens is 324 g/mol. The van der Waals surface area contributed by atoms with Crippen molar-refractivity contribution in [2.45, 2.75) is 6.42 Å². The molecule has 3 rings (SSSR count). The Morgan fingerprint density at radius 3 is 2.15 bits per heavy atom. The van der Waals surface area contributed by atoms with Crippen LogP contribution in [0.2, 0.25) is 0 Å². The molecule has 1 unspecified atom stereocenters. The molecule has 0 N–H and O–H groups in total. The fourth-order valence-electron chi connectivity index (χ4n) is 2.53. The van der Waals surface area contributed by atoms with E-state index in [9.17, 15) is 9.59 Å². The van der Waals surface area contributed by atoms with Crippen LogP contribution in [0, 0.1) is 5.92 Å². The highest BCUT2D eigenvalue weighted by Gasteiger charge is 2.16. The highest BCUT2D eigenvalue weighted by Crippen LogP contribution is 2.19. The number of ketones is 2. The molecule has 0 bridgehead atoms. The van der Waals surface area contributed by atoms with Gasteiger partial charge < -0.3 is 0 Å². The van der Waals surface area contributed by atoms with Crippen LogP contribution in [0.5, 0.6) is 0 Å². The zero-order valence-corrected chi connectivity index (χ0v) is 14.2. The second-order valence-electron chi connectivity index (χ2n) is 5.87. The van der Waals surface area contributed by atoms with E-state index in [4.69, 9.17) is 0 Å². The Balaban J connectivity index is 1.57. The fraction of sp³-hybridized carbons (Fsp3) is 0.0909. The van der Waals surface area contributed by atoms with Crippen molar-refractivity contribution in [3.8, 4) is 0 Å². The third kappa shape index (κ3) is 4.80. The van der Waals surface area contributed by atoms with Crippen molar-refractivity contribution in [3.05, 3.63) is 96.1 Å². The second-order valence-corrected chi connectivity index (χ2v) is 5.87. The van der Waals surface area contributed by atoms with E-state index in [1.807, 2.05) is 30.3 Å². The Morgan fingerprint density at radius 1 is 0.962 bits per heavy atom. The van der Waals surface area contributed by atoms with Crippen LogP contribution < -0.4 is 0 Å². The molecule has 4 nitrogen and oxygen atoms in total. The van der Waals surface area contributed by atoms with Gasteiger partial charge in [-0.15, -0.1) is 0 Å². The van der Waals surface area contributed by atoms with Crippen LogP contribution in [-0.4, -0.2) is 21.5 Å². The van der Waals surface area contributed by atoms with Crippen LogP contribution in [0.1, 0.15) is 17.5 Å². The van der Waals surface area contributed by atoms with Gasteiger partial charge in [0.15, 0.2) is 11.6 Å². The number of rotatable bonds is 6. The summed E-state index contributed by atoms with van der Waals surface area (Å²) in [6.07, 6.45) is 19.2. The predicted octanol–water partition coefficient (Wildman–Crippen LogP) is 3.84. The molecule has 0 aromatic carbocycles. The standard InChI is InChI=1S/C22H18N2O2/c25-21(11-5-17-3-1-13-23-15-17)19-7-9-20(10-8-19)22(26)12-6-18-4-2-14-24-16-18/h1-9,11-16,20H,10H2/b11-5+,12-6+. The molecule has 4 heteroatoms. The highest BCUT2D eigenvalue weighted by molar-refractivity contribution is 6.08. The van der Waals surface area contributed by atoms with E-state index >= 15 is 0 Å². The summed E-state index contributed by atoms with van der Waals surface area (Å²) in [5.74, 6) is -0.303. The van der Waals surface area contributed by atoms with Crippen LogP contribution in [-0.2, 0) is 9.59 Å². The minimum absolute atomic E-state index is 0.0127. The van der Waals surface area contributed by atoms with E-state index in [-0.39, 0.29) is 17.5 Å². The monoisotopic (exact) mass is 342 g/mol. The smallest absolute Gasteiger partial charge is 0.185 e. The van der Waals surface area contributed by atoms with Crippen LogP contribution in [0.4, 0.5) is 0 Å². The molecule has 0 amide bonds. The predicted molar refractivity (Wildman–Crippen MR) is 102 cm³/mol. The van der Waals surface area contributed by atoms with E-state index in [1.54, 1.807) is 55.2 Å². The molecular formula is C22H18N2O2. The van der Waals surface area contributed by atoms with Gasteiger partial charge in [0.05, 0.1) is 0 Å². The van der Waals surface area contributed by atoms with Gasteiger partial charge in [-0.25, -0.2) is 0 Å². The van der Waals surface area contributed by atoms with Crippen LogP contribution >= 0.6 is 0 Å². The Hall–Kier alpha value is -3.40. The van der Waals surface area contributed by atoms with Crippen molar-refractivity contribution < 1.29 is 9.59 Å². The minimum atomic E-state index is -0.234. The molecule has 0 saturated heterocycles. The average molecular weight is 342 g/mol. The quantitative estimate of drug-likeness (QED) is 0.748. The van der Waals surface area contributed by atoms with E-state index < -0.39 is 0 Å². The summed E-state index contributed by atoms with van der Waals surface area (Å²) >= 11 is 0. The zero-order valence-electron chi connectivity index (χ0n) is 14.2. The summed E-state index contributed by atoms with van der Waals surface area (Å²) in [5.41, 5.74) is 2.35. The normalized spacial score (nSPS) is 16.8. The summed E-state index contributed by atoms with van der Waals surface area (Å²) in [7, 11) is 0. The van der Waals surface area contributed by atoms with E-state index in [0.717, 1.165) is 11.1 Å². The molecule has 0 spiro atoms. The van der Waals surface area contributed by atoms with Crippen molar-refractivity contribution in [3.63, 3.8) is 0 Å². The van der Waals surface area contributed by atoms with Gasteiger partial charge in [-0.3, -0.25) is 19.6 Å². The molecule has 0 aliphatic heterocycles. The molecule has 1 aliphatic rings. The number of hydrogen-bond donors (Lipinski definition) is 0. The van der Waals surface area contributed by atoms with Crippen molar-refractivity contribution >= 4 is 23.7 Å². The molecule has 0 radical (unpaired) electrons. The van der Waals surface area contributed by atoms with Crippen molar-refractivity contribution in [2.24, 2.45) is 5.92 Å². The summed E-state index contributed by atoms with van der Waals surface area (Å²) in [6.45, 7) is 0. The van der Waals surface area contributed by atoms with Crippen molar-refractivity contribution in [1.82, 2.24) is 9.97 Å².